The minimum absolute atomic E-state index is 0.129. The summed E-state index contributed by atoms with van der Waals surface area (Å²) in [5, 5.41) is 2.79. The maximum absolute atomic E-state index is 12.5. The van der Waals surface area contributed by atoms with Crippen molar-refractivity contribution in [3.8, 4) is 0 Å². The first kappa shape index (κ1) is 19.7. The number of sulfonamides is 1. The lowest BCUT2D eigenvalue weighted by Crippen LogP contribution is -2.47. The Labute approximate surface area is 152 Å². The molecule has 1 unspecified atom stereocenters. The fourth-order valence-corrected chi connectivity index (χ4v) is 4.54. The zero-order chi connectivity index (χ0) is 18.6. The Kier molecular flexibility index (Phi) is 6.47. The summed E-state index contributed by atoms with van der Waals surface area (Å²) in [6, 6.07) is 6.70. The number of benzene rings is 1. The van der Waals surface area contributed by atoms with Gasteiger partial charge in [0.25, 0.3) is 0 Å². The number of thioether (sulfide) groups is 1. The van der Waals surface area contributed by atoms with Crippen LogP contribution >= 0.6 is 11.8 Å². The molecule has 138 valence electrons. The number of hydrogen-bond acceptors (Lipinski definition) is 5. The van der Waals surface area contributed by atoms with Crippen molar-refractivity contribution in [2.45, 2.75) is 23.8 Å². The van der Waals surface area contributed by atoms with E-state index in [4.69, 9.17) is 0 Å². The van der Waals surface area contributed by atoms with Crippen molar-refractivity contribution < 1.29 is 18.0 Å². The number of amides is 2. The fourth-order valence-electron chi connectivity index (χ4n) is 2.87. The number of carbonyl (C=O) groups excluding carboxylic acids is 2. The molecule has 9 heteroatoms. The molecule has 2 amide bonds. The number of carbonyl (C=O) groups is 2. The standard InChI is InChI=1S/C16H23N3O4S2/c1-18(16(21)13-8-6-10-19(13)25(3,22)23)11-15(20)17-12-7-4-5-9-14(12)24-2/h4-5,7,9,13H,6,8,10-11H2,1-3H3,(H,17,20). The third-order valence-electron chi connectivity index (χ3n) is 4.05. The average Bonchev–Trinajstić information content (AvgIpc) is 3.04. The van der Waals surface area contributed by atoms with E-state index >= 15 is 0 Å². The molecule has 0 radical (unpaired) electrons. The molecule has 0 aromatic heterocycles. The van der Waals surface area contributed by atoms with Gasteiger partial charge in [0.2, 0.25) is 21.8 Å². The van der Waals surface area contributed by atoms with Gasteiger partial charge in [-0.1, -0.05) is 12.1 Å². The normalized spacial score (nSPS) is 18.1. The van der Waals surface area contributed by atoms with Crippen LogP contribution in [0.3, 0.4) is 0 Å². The predicted molar refractivity (Wildman–Crippen MR) is 99.1 cm³/mol. The van der Waals surface area contributed by atoms with Crippen molar-refractivity contribution in [3.05, 3.63) is 24.3 Å². The van der Waals surface area contributed by atoms with Crippen molar-refractivity contribution in [2.75, 3.05) is 38.0 Å². The van der Waals surface area contributed by atoms with Gasteiger partial charge in [0.05, 0.1) is 18.5 Å². The molecule has 1 aromatic rings. The van der Waals surface area contributed by atoms with E-state index in [1.54, 1.807) is 6.07 Å². The molecule has 7 nitrogen and oxygen atoms in total. The van der Waals surface area contributed by atoms with Crippen molar-refractivity contribution in [3.63, 3.8) is 0 Å². The number of anilines is 1. The van der Waals surface area contributed by atoms with Crippen LogP contribution in [0.5, 0.6) is 0 Å². The Hall–Kier alpha value is -1.58. The molecule has 1 fully saturated rings. The molecule has 1 aromatic carbocycles. The van der Waals surface area contributed by atoms with Crippen LogP contribution in [-0.2, 0) is 19.6 Å². The zero-order valence-corrected chi connectivity index (χ0v) is 16.2. The SMILES string of the molecule is CSc1ccccc1NC(=O)CN(C)C(=O)C1CCCN1S(C)(=O)=O. The van der Waals surface area contributed by atoms with Crippen LogP contribution < -0.4 is 5.32 Å². The lowest BCUT2D eigenvalue weighted by molar-refractivity contribution is -0.136. The largest absolute Gasteiger partial charge is 0.335 e. The molecular weight excluding hydrogens is 362 g/mol. The molecule has 1 aliphatic rings. The molecule has 0 aliphatic carbocycles. The quantitative estimate of drug-likeness (QED) is 0.745. The molecule has 0 saturated carbocycles. The van der Waals surface area contributed by atoms with E-state index in [1.807, 2.05) is 24.5 Å². The molecule has 0 spiro atoms. The Balaban J connectivity index is 2.00. The molecule has 1 heterocycles. The van der Waals surface area contributed by atoms with Gasteiger partial charge in [-0.2, -0.15) is 4.31 Å². The molecule has 1 atom stereocenters. The molecular formula is C16H23N3O4S2. The molecule has 1 N–H and O–H groups in total. The summed E-state index contributed by atoms with van der Waals surface area (Å²) in [6.07, 6.45) is 4.14. The van der Waals surface area contributed by atoms with Crippen molar-refractivity contribution >= 4 is 39.3 Å². The predicted octanol–water partition coefficient (Wildman–Crippen LogP) is 1.23. The van der Waals surface area contributed by atoms with Crippen LogP contribution in [0.1, 0.15) is 12.8 Å². The van der Waals surface area contributed by atoms with Gasteiger partial charge in [-0.05, 0) is 31.2 Å². The number of likely N-dealkylation sites (N-methyl/N-ethyl adjacent to an activating group) is 1. The van der Waals surface area contributed by atoms with E-state index in [0.717, 1.165) is 11.2 Å². The highest BCUT2D eigenvalue weighted by molar-refractivity contribution is 7.98. The van der Waals surface area contributed by atoms with Crippen molar-refractivity contribution in [2.24, 2.45) is 0 Å². The molecule has 0 bridgehead atoms. The second kappa shape index (κ2) is 8.20. The highest BCUT2D eigenvalue weighted by Crippen LogP contribution is 2.25. The Morgan fingerprint density at radius 3 is 2.68 bits per heavy atom. The third kappa shape index (κ3) is 4.96. The lowest BCUT2D eigenvalue weighted by Gasteiger charge is -2.26. The molecule has 2 rings (SSSR count). The molecule has 1 saturated heterocycles. The highest BCUT2D eigenvalue weighted by atomic mass is 32.2. The van der Waals surface area contributed by atoms with Crippen LogP contribution in [0.2, 0.25) is 0 Å². The average molecular weight is 386 g/mol. The van der Waals surface area contributed by atoms with Gasteiger partial charge < -0.3 is 10.2 Å². The van der Waals surface area contributed by atoms with Gasteiger partial charge in [-0.3, -0.25) is 9.59 Å². The van der Waals surface area contributed by atoms with Crippen molar-refractivity contribution in [1.82, 2.24) is 9.21 Å². The highest BCUT2D eigenvalue weighted by Gasteiger charge is 2.38. The van der Waals surface area contributed by atoms with Crippen molar-refractivity contribution in [1.29, 1.82) is 0 Å². The number of nitrogens with zero attached hydrogens (tertiary/aromatic N) is 2. The van der Waals surface area contributed by atoms with E-state index in [2.05, 4.69) is 5.32 Å². The fraction of sp³-hybridized carbons (Fsp3) is 0.500. The first-order valence-corrected chi connectivity index (χ1v) is 11.0. The summed E-state index contributed by atoms with van der Waals surface area (Å²) < 4.78 is 24.8. The van der Waals surface area contributed by atoms with E-state index in [0.29, 0.717) is 25.1 Å². The number of rotatable bonds is 6. The van der Waals surface area contributed by atoms with E-state index in [1.165, 1.54) is 28.0 Å². The Morgan fingerprint density at radius 1 is 1.36 bits per heavy atom. The maximum atomic E-state index is 12.5. The number of nitrogens with one attached hydrogen (secondary N) is 1. The number of hydrogen-bond donors (Lipinski definition) is 1. The van der Waals surface area contributed by atoms with Gasteiger partial charge in [0.1, 0.15) is 6.04 Å². The summed E-state index contributed by atoms with van der Waals surface area (Å²) >= 11 is 1.52. The van der Waals surface area contributed by atoms with Gasteiger partial charge in [0.15, 0.2) is 0 Å². The minimum Gasteiger partial charge on any atom is -0.335 e. The van der Waals surface area contributed by atoms with Gasteiger partial charge >= 0.3 is 0 Å². The molecule has 1 aliphatic heterocycles. The summed E-state index contributed by atoms with van der Waals surface area (Å²) in [5.74, 6) is -0.669. The van der Waals surface area contributed by atoms with E-state index < -0.39 is 16.1 Å². The monoisotopic (exact) mass is 385 g/mol. The van der Waals surface area contributed by atoms with Crippen LogP contribution in [0.25, 0.3) is 0 Å². The molecule has 25 heavy (non-hydrogen) atoms. The topological polar surface area (TPSA) is 86.8 Å². The number of para-hydroxylation sites is 1. The van der Waals surface area contributed by atoms with E-state index in [9.17, 15) is 18.0 Å². The van der Waals surface area contributed by atoms with Gasteiger partial charge in [0, 0.05) is 18.5 Å². The zero-order valence-electron chi connectivity index (χ0n) is 14.6. The summed E-state index contributed by atoms with van der Waals surface area (Å²) in [7, 11) is -1.92. The van der Waals surface area contributed by atoms with Crippen LogP contribution in [0, 0.1) is 0 Å². The van der Waals surface area contributed by atoms with Crippen LogP contribution in [0.15, 0.2) is 29.2 Å². The van der Waals surface area contributed by atoms with Crippen LogP contribution in [-0.4, -0.2) is 68.1 Å². The Morgan fingerprint density at radius 2 is 2.04 bits per heavy atom. The van der Waals surface area contributed by atoms with E-state index in [-0.39, 0.29) is 18.4 Å². The summed E-state index contributed by atoms with van der Waals surface area (Å²) in [4.78, 5) is 27.0. The Bertz CT molecular complexity index is 752. The first-order chi connectivity index (χ1) is 11.7. The lowest BCUT2D eigenvalue weighted by atomic mass is 10.2. The second-order valence-electron chi connectivity index (χ2n) is 5.97. The van der Waals surface area contributed by atoms with Crippen LogP contribution in [0.4, 0.5) is 5.69 Å². The van der Waals surface area contributed by atoms with Gasteiger partial charge in [-0.25, -0.2) is 8.42 Å². The van der Waals surface area contributed by atoms with Gasteiger partial charge in [-0.15, -0.1) is 11.8 Å². The smallest absolute Gasteiger partial charge is 0.244 e. The summed E-state index contributed by atoms with van der Waals surface area (Å²) in [6.45, 7) is 0.214. The first-order valence-electron chi connectivity index (χ1n) is 7.88. The summed E-state index contributed by atoms with van der Waals surface area (Å²) in [5.41, 5.74) is 0.694. The maximum Gasteiger partial charge on any atom is 0.244 e. The second-order valence-corrected chi connectivity index (χ2v) is 8.76. The third-order valence-corrected chi connectivity index (χ3v) is 6.14. The minimum atomic E-state index is -3.43.